The highest BCUT2D eigenvalue weighted by atomic mass is 35.7. The van der Waals surface area contributed by atoms with Gasteiger partial charge in [0.25, 0.3) is 0 Å². The van der Waals surface area contributed by atoms with Gasteiger partial charge in [-0.1, -0.05) is 20.8 Å². The summed E-state index contributed by atoms with van der Waals surface area (Å²) in [7, 11) is 1.55. The molecule has 5 nitrogen and oxygen atoms in total. The van der Waals surface area contributed by atoms with E-state index in [0.29, 0.717) is 6.54 Å². The molecule has 0 radical (unpaired) electrons. The van der Waals surface area contributed by atoms with E-state index in [4.69, 9.17) is 15.4 Å². The molecule has 0 fully saturated rings. The standard InChI is InChI=1S/C12H24ClNO4S/c1-11(2,3)9-14(7-8-19(13,16)17)10(15)18-12(4,5)6/h7-9H2,1-6H3. The van der Waals surface area contributed by atoms with E-state index in [2.05, 4.69) is 0 Å². The zero-order chi connectivity index (χ0) is 15.5. The Morgan fingerprint density at radius 3 is 1.95 bits per heavy atom. The van der Waals surface area contributed by atoms with Crippen LogP contribution in [0.25, 0.3) is 0 Å². The third-order valence-electron chi connectivity index (χ3n) is 1.92. The van der Waals surface area contributed by atoms with Gasteiger partial charge in [-0.05, 0) is 26.2 Å². The summed E-state index contributed by atoms with van der Waals surface area (Å²) >= 11 is 0. The van der Waals surface area contributed by atoms with E-state index in [1.807, 2.05) is 20.8 Å². The molecule has 0 atom stereocenters. The van der Waals surface area contributed by atoms with Crippen molar-refractivity contribution in [1.82, 2.24) is 4.90 Å². The average Bonchev–Trinajstić information content (AvgIpc) is 2.05. The highest BCUT2D eigenvalue weighted by molar-refractivity contribution is 8.13. The number of rotatable bonds is 4. The minimum absolute atomic E-state index is 0.0258. The van der Waals surface area contributed by atoms with Gasteiger partial charge in [-0.3, -0.25) is 0 Å². The van der Waals surface area contributed by atoms with E-state index in [0.717, 1.165) is 0 Å². The molecule has 0 saturated carbocycles. The molecule has 0 heterocycles. The van der Waals surface area contributed by atoms with E-state index in [1.165, 1.54) is 4.90 Å². The third kappa shape index (κ3) is 11.1. The summed E-state index contributed by atoms with van der Waals surface area (Å²) in [5.74, 6) is -0.288. The Balaban J connectivity index is 4.81. The van der Waals surface area contributed by atoms with Crippen molar-refractivity contribution in [3.05, 3.63) is 0 Å². The Labute approximate surface area is 120 Å². The normalized spacial score (nSPS) is 13.2. The third-order valence-corrected chi connectivity index (χ3v) is 3.06. The van der Waals surface area contributed by atoms with Crippen LogP contribution >= 0.6 is 10.7 Å². The molecule has 0 saturated heterocycles. The van der Waals surface area contributed by atoms with Crippen LogP contribution in [0.15, 0.2) is 0 Å². The summed E-state index contributed by atoms with van der Waals surface area (Å²) in [4.78, 5) is 13.4. The van der Waals surface area contributed by atoms with Gasteiger partial charge >= 0.3 is 6.09 Å². The lowest BCUT2D eigenvalue weighted by Gasteiger charge is -2.31. The van der Waals surface area contributed by atoms with Gasteiger partial charge < -0.3 is 9.64 Å². The van der Waals surface area contributed by atoms with Gasteiger partial charge in [0.1, 0.15) is 5.60 Å². The van der Waals surface area contributed by atoms with E-state index in [-0.39, 0.29) is 17.7 Å². The summed E-state index contributed by atoms with van der Waals surface area (Å²) in [5, 5.41) is 0. The smallest absolute Gasteiger partial charge is 0.410 e. The van der Waals surface area contributed by atoms with Gasteiger partial charge in [-0.25, -0.2) is 13.2 Å². The number of nitrogens with zero attached hydrogens (tertiary/aromatic N) is 1. The van der Waals surface area contributed by atoms with Crippen LogP contribution in [0, 0.1) is 5.41 Å². The van der Waals surface area contributed by atoms with Crippen molar-refractivity contribution < 1.29 is 17.9 Å². The Morgan fingerprint density at radius 2 is 1.63 bits per heavy atom. The number of ether oxygens (including phenoxy) is 1. The quantitative estimate of drug-likeness (QED) is 0.749. The first-order valence-electron chi connectivity index (χ1n) is 6.10. The predicted octanol–water partition coefficient (Wildman–Crippen LogP) is 2.84. The lowest BCUT2D eigenvalue weighted by molar-refractivity contribution is 0.0202. The zero-order valence-corrected chi connectivity index (χ0v) is 14.1. The number of hydrogen-bond donors (Lipinski definition) is 0. The molecule has 0 aliphatic carbocycles. The van der Waals surface area contributed by atoms with Crippen LogP contribution in [-0.4, -0.2) is 43.9 Å². The summed E-state index contributed by atoms with van der Waals surface area (Å²) in [6, 6.07) is 0. The Bertz CT molecular complexity index is 406. The molecule has 1 amide bonds. The zero-order valence-electron chi connectivity index (χ0n) is 12.5. The molecule has 0 spiro atoms. The second-order valence-corrected chi connectivity index (χ2v) is 9.60. The highest BCUT2D eigenvalue weighted by Crippen LogP contribution is 2.18. The lowest BCUT2D eigenvalue weighted by atomic mass is 9.96. The average molecular weight is 314 g/mol. The topological polar surface area (TPSA) is 63.7 Å². The van der Waals surface area contributed by atoms with Gasteiger partial charge in [0.05, 0.1) is 5.75 Å². The van der Waals surface area contributed by atoms with Crippen LogP contribution in [0.2, 0.25) is 0 Å². The van der Waals surface area contributed by atoms with Crippen LogP contribution < -0.4 is 0 Å². The molecule has 0 aromatic heterocycles. The second-order valence-electron chi connectivity index (χ2n) is 6.71. The molecule has 0 rings (SSSR count). The number of halogens is 1. The summed E-state index contributed by atoms with van der Waals surface area (Å²) < 4.78 is 27.3. The maximum absolute atomic E-state index is 12.0. The van der Waals surface area contributed by atoms with Gasteiger partial charge in [-0.2, -0.15) is 0 Å². The van der Waals surface area contributed by atoms with Crippen molar-refractivity contribution in [1.29, 1.82) is 0 Å². The number of carbonyl (C=O) groups is 1. The maximum atomic E-state index is 12.0. The Hall–Kier alpha value is -0.490. The molecular formula is C12H24ClNO4S. The fraction of sp³-hybridized carbons (Fsp3) is 0.917. The lowest BCUT2D eigenvalue weighted by Crippen LogP contribution is -2.43. The first-order chi connectivity index (χ1) is 8.20. The summed E-state index contributed by atoms with van der Waals surface area (Å²) in [6.45, 7) is 11.6. The number of carbonyl (C=O) groups excluding carboxylic acids is 1. The monoisotopic (exact) mass is 313 g/mol. The highest BCUT2D eigenvalue weighted by Gasteiger charge is 2.26. The Kier molecular flexibility index (Phi) is 6.14. The van der Waals surface area contributed by atoms with Crippen molar-refractivity contribution in [3.8, 4) is 0 Å². The largest absolute Gasteiger partial charge is 0.444 e. The summed E-state index contributed by atoms with van der Waals surface area (Å²) in [6.07, 6.45) is -0.525. The fourth-order valence-corrected chi connectivity index (χ4v) is 2.00. The summed E-state index contributed by atoms with van der Waals surface area (Å²) in [5.41, 5.74) is -0.778. The van der Waals surface area contributed by atoms with Crippen molar-refractivity contribution in [2.75, 3.05) is 18.8 Å². The molecule has 0 aliphatic heterocycles. The molecule has 7 heteroatoms. The first-order valence-corrected chi connectivity index (χ1v) is 8.58. The van der Waals surface area contributed by atoms with E-state index in [1.54, 1.807) is 20.8 Å². The van der Waals surface area contributed by atoms with Crippen molar-refractivity contribution in [2.24, 2.45) is 5.41 Å². The minimum Gasteiger partial charge on any atom is -0.444 e. The molecule has 0 N–H and O–H groups in total. The minimum atomic E-state index is -3.63. The van der Waals surface area contributed by atoms with Gasteiger partial charge in [0.15, 0.2) is 0 Å². The van der Waals surface area contributed by atoms with E-state index >= 15 is 0 Å². The van der Waals surface area contributed by atoms with E-state index < -0.39 is 20.7 Å². The van der Waals surface area contributed by atoms with Crippen LogP contribution in [0.1, 0.15) is 41.5 Å². The second kappa shape index (κ2) is 6.31. The molecule has 0 aliphatic rings. The maximum Gasteiger partial charge on any atom is 0.410 e. The van der Waals surface area contributed by atoms with Crippen LogP contribution in [0.3, 0.4) is 0 Å². The van der Waals surface area contributed by atoms with E-state index in [9.17, 15) is 13.2 Å². The molecule has 19 heavy (non-hydrogen) atoms. The van der Waals surface area contributed by atoms with Crippen LogP contribution in [0.5, 0.6) is 0 Å². The molecule has 114 valence electrons. The number of amides is 1. The predicted molar refractivity (Wildman–Crippen MR) is 76.9 cm³/mol. The number of hydrogen-bond acceptors (Lipinski definition) is 4. The van der Waals surface area contributed by atoms with Crippen molar-refractivity contribution in [2.45, 2.75) is 47.1 Å². The van der Waals surface area contributed by atoms with Crippen molar-refractivity contribution >= 4 is 25.8 Å². The molecule has 0 bridgehead atoms. The first kappa shape index (κ1) is 18.5. The van der Waals surface area contributed by atoms with Gasteiger partial charge in [-0.15, -0.1) is 0 Å². The van der Waals surface area contributed by atoms with Crippen LogP contribution in [0.4, 0.5) is 4.79 Å². The van der Waals surface area contributed by atoms with Crippen LogP contribution in [-0.2, 0) is 13.8 Å². The SMILES string of the molecule is CC(C)(C)CN(CCS(=O)(=O)Cl)C(=O)OC(C)(C)C. The Morgan fingerprint density at radius 1 is 1.16 bits per heavy atom. The van der Waals surface area contributed by atoms with Gasteiger partial charge in [0.2, 0.25) is 9.05 Å². The van der Waals surface area contributed by atoms with Crippen molar-refractivity contribution in [3.63, 3.8) is 0 Å². The molecule has 0 aromatic carbocycles. The molecular weight excluding hydrogens is 290 g/mol. The fourth-order valence-electron chi connectivity index (χ4n) is 1.35. The van der Waals surface area contributed by atoms with Gasteiger partial charge in [0, 0.05) is 23.8 Å². The molecule has 0 unspecified atom stereocenters. The molecule has 0 aromatic rings.